The lowest BCUT2D eigenvalue weighted by Crippen LogP contribution is -2.01. The summed E-state index contributed by atoms with van der Waals surface area (Å²) in [5.41, 5.74) is 0.354. The second-order valence-corrected chi connectivity index (χ2v) is 4.05. The number of phosphoric acid groups is 1. The van der Waals surface area contributed by atoms with Gasteiger partial charge in [-0.25, -0.2) is 9.36 Å². The predicted octanol–water partition coefficient (Wildman–Crippen LogP) is 1.16. The average molecular weight is 232 g/mol. The lowest BCUT2D eigenvalue weighted by Gasteiger charge is -2.09. The van der Waals surface area contributed by atoms with Crippen molar-refractivity contribution >= 4 is 13.8 Å². The Morgan fingerprint density at radius 3 is 2.47 bits per heavy atom. The molecule has 0 amide bonds. The van der Waals surface area contributed by atoms with Crippen molar-refractivity contribution < 1.29 is 28.8 Å². The van der Waals surface area contributed by atoms with Gasteiger partial charge in [0.05, 0.1) is 0 Å². The molecule has 0 radical (unpaired) electrons. The van der Waals surface area contributed by atoms with Crippen molar-refractivity contribution in [1.82, 2.24) is 0 Å². The average Bonchev–Trinajstić information content (AvgIpc) is 1.99. The second-order valence-electron chi connectivity index (χ2n) is 2.89. The van der Waals surface area contributed by atoms with Crippen molar-refractivity contribution in [3.8, 4) is 5.75 Å². The quantitative estimate of drug-likeness (QED) is 0.675. The SMILES string of the molecule is Cc1ccc(C(=O)O)c(OP(=O)(O)O)c1. The van der Waals surface area contributed by atoms with Crippen molar-refractivity contribution in [3.63, 3.8) is 0 Å². The lowest BCUT2D eigenvalue weighted by molar-refractivity contribution is 0.0694. The smallest absolute Gasteiger partial charge is 0.478 e. The molecule has 1 rings (SSSR count). The number of carboxylic acid groups (broad SMARTS) is 1. The highest BCUT2D eigenvalue weighted by Crippen LogP contribution is 2.39. The molecule has 0 aliphatic heterocycles. The summed E-state index contributed by atoms with van der Waals surface area (Å²) in [4.78, 5) is 27.8. The Hall–Kier alpha value is -1.36. The van der Waals surface area contributed by atoms with Crippen molar-refractivity contribution in [3.05, 3.63) is 29.3 Å². The molecule has 82 valence electrons. The topological polar surface area (TPSA) is 104 Å². The summed E-state index contributed by atoms with van der Waals surface area (Å²) in [5, 5.41) is 8.72. The maximum absolute atomic E-state index is 10.7. The van der Waals surface area contributed by atoms with Gasteiger partial charge in [0.15, 0.2) is 0 Å². The Kier molecular flexibility index (Phi) is 3.14. The number of aryl methyl sites for hydroxylation is 1. The first-order valence-corrected chi connectivity index (χ1v) is 5.42. The third-order valence-electron chi connectivity index (χ3n) is 1.58. The zero-order valence-electron chi connectivity index (χ0n) is 7.75. The van der Waals surface area contributed by atoms with Gasteiger partial charge in [-0.05, 0) is 24.6 Å². The minimum Gasteiger partial charge on any atom is -0.478 e. The minimum atomic E-state index is -4.74. The number of rotatable bonds is 3. The van der Waals surface area contributed by atoms with Gasteiger partial charge < -0.3 is 9.63 Å². The first-order valence-electron chi connectivity index (χ1n) is 3.89. The normalized spacial score (nSPS) is 11.1. The van der Waals surface area contributed by atoms with E-state index in [1.165, 1.54) is 18.2 Å². The number of aromatic carboxylic acids is 1. The van der Waals surface area contributed by atoms with Crippen LogP contribution >= 0.6 is 7.82 Å². The fourth-order valence-electron chi connectivity index (χ4n) is 1.01. The molecule has 0 saturated heterocycles. The van der Waals surface area contributed by atoms with Crippen LogP contribution in [0.15, 0.2) is 18.2 Å². The van der Waals surface area contributed by atoms with Gasteiger partial charge in [0, 0.05) is 0 Å². The molecular weight excluding hydrogens is 223 g/mol. The number of hydrogen-bond acceptors (Lipinski definition) is 3. The third kappa shape index (κ3) is 3.36. The minimum absolute atomic E-state index is 0.288. The van der Waals surface area contributed by atoms with Gasteiger partial charge in [-0.15, -0.1) is 0 Å². The Labute approximate surface area is 85.4 Å². The summed E-state index contributed by atoms with van der Waals surface area (Å²) in [7, 11) is -4.74. The predicted molar refractivity (Wildman–Crippen MR) is 50.8 cm³/mol. The van der Waals surface area contributed by atoms with E-state index in [0.717, 1.165) is 0 Å². The second kappa shape index (κ2) is 4.02. The van der Waals surface area contributed by atoms with Crippen molar-refractivity contribution in [1.29, 1.82) is 0 Å². The van der Waals surface area contributed by atoms with E-state index >= 15 is 0 Å². The molecule has 3 N–H and O–H groups in total. The van der Waals surface area contributed by atoms with E-state index in [0.29, 0.717) is 5.56 Å². The highest BCUT2D eigenvalue weighted by Gasteiger charge is 2.20. The van der Waals surface area contributed by atoms with Crippen LogP contribution in [0.4, 0.5) is 0 Å². The van der Waals surface area contributed by atoms with E-state index in [2.05, 4.69) is 4.52 Å². The fourth-order valence-corrected chi connectivity index (χ4v) is 1.42. The molecule has 1 aromatic rings. The molecule has 0 fully saturated rings. The summed E-state index contributed by atoms with van der Waals surface area (Å²) in [5.74, 6) is -1.64. The molecule has 0 aromatic heterocycles. The van der Waals surface area contributed by atoms with Crippen molar-refractivity contribution in [2.75, 3.05) is 0 Å². The standard InChI is InChI=1S/C8H9O6P/c1-5-2-3-6(8(9)10)7(4-5)14-15(11,12)13/h2-4H,1H3,(H,9,10)(H2,11,12,13). The molecule has 1 aromatic carbocycles. The summed E-state index contributed by atoms with van der Waals surface area (Å²) in [6.07, 6.45) is 0. The molecule has 0 bridgehead atoms. The van der Waals surface area contributed by atoms with E-state index in [9.17, 15) is 9.36 Å². The van der Waals surface area contributed by atoms with Crippen LogP contribution in [0.1, 0.15) is 15.9 Å². The molecule has 0 saturated carbocycles. The van der Waals surface area contributed by atoms with Crippen LogP contribution in [0.3, 0.4) is 0 Å². The van der Waals surface area contributed by atoms with Crippen LogP contribution in [0.25, 0.3) is 0 Å². The highest BCUT2D eigenvalue weighted by molar-refractivity contribution is 7.46. The van der Waals surface area contributed by atoms with Crippen LogP contribution in [0.5, 0.6) is 5.75 Å². The summed E-state index contributed by atoms with van der Waals surface area (Å²) in [6, 6.07) is 3.99. The first kappa shape index (κ1) is 11.7. The zero-order valence-corrected chi connectivity index (χ0v) is 8.64. The van der Waals surface area contributed by atoms with Gasteiger partial charge in [0.1, 0.15) is 11.3 Å². The van der Waals surface area contributed by atoms with E-state index in [1.54, 1.807) is 6.92 Å². The molecule has 0 atom stereocenters. The van der Waals surface area contributed by atoms with Gasteiger partial charge in [0.25, 0.3) is 0 Å². The Balaban J connectivity index is 3.19. The number of hydrogen-bond donors (Lipinski definition) is 3. The Bertz CT molecular complexity index is 435. The number of benzene rings is 1. The van der Waals surface area contributed by atoms with Gasteiger partial charge >= 0.3 is 13.8 Å². The van der Waals surface area contributed by atoms with Gasteiger partial charge in [-0.1, -0.05) is 6.07 Å². The van der Waals surface area contributed by atoms with Gasteiger partial charge in [-0.3, -0.25) is 9.79 Å². The molecule has 0 aliphatic carbocycles. The van der Waals surface area contributed by atoms with Crippen LogP contribution in [0.2, 0.25) is 0 Å². The largest absolute Gasteiger partial charge is 0.524 e. The van der Waals surface area contributed by atoms with Gasteiger partial charge in [0.2, 0.25) is 0 Å². The highest BCUT2D eigenvalue weighted by atomic mass is 31.2. The van der Waals surface area contributed by atoms with Gasteiger partial charge in [-0.2, -0.15) is 0 Å². The summed E-state index contributed by atoms with van der Waals surface area (Å²) < 4.78 is 14.8. The third-order valence-corrected chi connectivity index (χ3v) is 2.02. The number of carboxylic acids is 1. The molecule has 7 heteroatoms. The van der Waals surface area contributed by atoms with Crippen LogP contribution in [-0.2, 0) is 4.57 Å². The summed E-state index contributed by atoms with van der Waals surface area (Å²) >= 11 is 0. The molecular formula is C8H9O6P. The molecule has 6 nitrogen and oxygen atoms in total. The Morgan fingerprint density at radius 2 is 2.00 bits per heavy atom. The molecule has 0 spiro atoms. The number of carbonyl (C=O) groups is 1. The zero-order chi connectivity index (χ0) is 11.6. The first-order chi connectivity index (χ1) is 6.79. The molecule has 0 heterocycles. The monoisotopic (exact) mass is 232 g/mol. The van der Waals surface area contributed by atoms with Crippen molar-refractivity contribution in [2.45, 2.75) is 6.92 Å². The maximum Gasteiger partial charge on any atom is 0.524 e. The van der Waals surface area contributed by atoms with E-state index in [4.69, 9.17) is 14.9 Å². The fraction of sp³-hybridized carbons (Fsp3) is 0.125. The maximum atomic E-state index is 10.7. The van der Waals surface area contributed by atoms with E-state index in [1.807, 2.05) is 0 Å². The molecule has 0 unspecified atom stereocenters. The van der Waals surface area contributed by atoms with E-state index < -0.39 is 13.8 Å². The summed E-state index contributed by atoms with van der Waals surface area (Å²) in [6.45, 7) is 1.65. The van der Waals surface area contributed by atoms with E-state index in [-0.39, 0.29) is 11.3 Å². The van der Waals surface area contributed by atoms with Crippen LogP contribution in [0, 0.1) is 6.92 Å². The van der Waals surface area contributed by atoms with Crippen LogP contribution < -0.4 is 4.52 Å². The lowest BCUT2D eigenvalue weighted by atomic mass is 10.1. The van der Waals surface area contributed by atoms with Crippen molar-refractivity contribution in [2.24, 2.45) is 0 Å². The molecule has 0 aliphatic rings. The number of phosphoric ester groups is 1. The molecule has 15 heavy (non-hydrogen) atoms. The Morgan fingerprint density at radius 1 is 1.40 bits per heavy atom. The van der Waals surface area contributed by atoms with Crippen LogP contribution in [-0.4, -0.2) is 20.9 Å².